The van der Waals surface area contributed by atoms with Crippen molar-refractivity contribution < 1.29 is 19.5 Å². The molecule has 112 valence electrons. The molecule has 21 heavy (non-hydrogen) atoms. The van der Waals surface area contributed by atoms with Crippen LogP contribution in [0.15, 0.2) is 30.3 Å². The van der Waals surface area contributed by atoms with Crippen molar-refractivity contribution in [2.24, 2.45) is 0 Å². The molecule has 1 atom stereocenters. The molecule has 0 aliphatic carbocycles. The molecule has 1 aliphatic rings. The van der Waals surface area contributed by atoms with Crippen LogP contribution in [-0.2, 0) is 9.59 Å². The maximum absolute atomic E-state index is 12.5. The van der Waals surface area contributed by atoms with Crippen molar-refractivity contribution in [3.05, 3.63) is 35.9 Å². The number of carboxylic acids is 1. The molecule has 0 radical (unpaired) electrons. The number of aliphatic carboxylic acids is 1. The maximum Gasteiger partial charge on any atom is 0.329 e. The van der Waals surface area contributed by atoms with Gasteiger partial charge in [0.15, 0.2) is 0 Å². The molecule has 1 aromatic carbocycles. The van der Waals surface area contributed by atoms with E-state index in [2.05, 4.69) is 0 Å². The second kappa shape index (κ2) is 6.08. The number of likely N-dealkylation sites (tertiary alicyclic amines) is 1. The van der Waals surface area contributed by atoms with Gasteiger partial charge in [-0.05, 0) is 25.7 Å². The van der Waals surface area contributed by atoms with E-state index >= 15 is 0 Å². The largest absolute Gasteiger partial charge is 0.479 e. The molecule has 0 bridgehead atoms. The van der Waals surface area contributed by atoms with Gasteiger partial charge in [-0.15, -0.1) is 0 Å². The third kappa shape index (κ3) is 2.68. The summed E-state index contributed by atoms with van der Waals surface area (Å²) < 4.78 is 0. The first-order chi connectivity index (χ1) is 10.0. The van der Waals surface area contributed by atoms with Crippen LogP contribution in [0.3, 0.4) is 0 Å². The highest BCUT2D eigenvalue weighted by atomic mass is 16.4. The van der Waals surface area contributed by atoms with Crippen LogP contribution < -0.4 is 0 Å². The van der Waals surface area contributed by atoms with E-state index in [1.807, 2.05) is 0 Å². The number of benzene rings is 1. The molecule has 1 saturated heterocycles. The van der Waals surface area contributed by atoms with Crippen molar-refractivity contribution in [3.8, 4) is 0 Å². The van der Waals surface area contributed by atoms with E-state index in [1.165, 1.54) is 4.90 Å². The summed E-state index contributed by atoms with van der Waals surface area (Å²) in [5.41, 5.74) is -0.955. The average Bonchev–Trinajstić information content (AvgIpc) is 2.53. The van der Waals surface area contributed by atoms with Gasteiger partial charge in [0.05, 0.1) is 0 Å². The summed E-state index contributed by atoms with van der Waals surface area (Å²) >= 11 is 0. The monoisotopic (exact) mass is 289 g/mol. The zero-order valence-electron chi connectivity index (χ0n) is 12.0. The summed E-state index contributed by atoms with van der Waals surface area (Å²) in [6, 6.07) is 8.26. The number of Topliss-reactive ketones (excluding diaryl/α,β-unsaturated/α-hetero) is 1. The Labute approximate surface area is 123 Å². The van der Waals surface area contributed by atoms with Crippen LogP contribution >= 0.6 is 0 Å². The van der Waals surface area contributed by atoms with E-state index in [4.69, 9.17) is 0 Å². The van der Waals surface area contributed by atoms with Crippen LogP contribution in [-0.4, -0.2) is 39.7 Å². The molecule has 5 nitrogen and oxygen atoms in total. The summed E-state index contributed by atoms with van der Waals surface area (Å²) in [4.78, 5) is 37.7. The van der Waals surface area contributed by atoms with Crippen LogP contribution in [0.2, 0.25) is 0 Å². The summed E-state index contributed by atoms with van der Waals surface area (Å²) in [6.45, 7) is 2.06. The predicted octanol–water partition coefficient (Wildman–Crippen LogP) is 2.12. The number of carboxylic acid groups (broad SMARTS) is 1. The van der Waals surface area contributed by atoms with Crippen LogP contribution in [0.1, 0.15) is 43.0 Å². The molecule has 0 saturated carbocycles. The molecule has 0 spiro atoms. The van der Waals surface area contributed by atoms with Crippen molar-refractivity contribution in [2.45, 2.75) is 38.1 Å². The second-order valence-electron chi connectivity index (χ2n) is 5.30. The summed E-state index contributed by atoms with van der Waals surface area (Å²) in [5, 5.41) is 9.56. The van der Waals surface area contributed by atoms with E-state index in [1.54, 1.807) is 37.3 Å². The Balaban J connectivity index is 2.31. The summed E-state index contributed by atoms with van der Waals surface area (Å²) in [5.74, 6) is -2.39. The standard InChI is InChI=1S/C16H19NO4/c1-2-16(15(20)21)10-6-7-11-17(16)14(19)13(18)12-8-4-3-5-9-12/h3-5,8-9H,2,6-7,10-11H2,1H3,(H,20,21). The van der Waals surface area contributed by atoms with Gasteiger partial charge >= 0.3 is 5.97 Å². The minimum Gasteiger partial charge on any atom is -0.479 e. The number of hydrogen-bond donors (Lipinski definition) is 1. The number of ketones is 1. The van der Waals surface area contributed by atoms with E-state index in [0.29, 0.717) is 24.9 Å². The first kappa shape index (κ1) is 15.2. The van der Waals surface area contributed by atoms with E-state index in [0.717, 1.165) is 12.8 Å². The molecule has 1 N–H and O–H groups in total. The number of rotatable bonds is 4. The van der Waals surface area contributed by atoms with Gasteiger partial charge in [-0.25, -0.2) is 4.79 Å². The van der Waals surface area contributed by atoms with Crippen molar-refractivity contribution >= 4 is 17.7 Å². The van der Waals surface area contributed by atoms with Gasteiger partial charge in [0, 0.05) is 12.1 Å². The Morgan fingerprint density at radius 3 is 2.43 bits per heavy atom. The first-order valence-electron chi connectivity index (χ1n) is 7.17. The molecule has 1 unspecified atom stereocenters. The lowest BCUT2D eigenvalue weighted by Crippen LogP contribution is -2.60. The van der Waals surface area contributed by atoms with Crippen molar-refractivity contribution in [1.29, 1.82) is 0 Å². The quantitative estimate of drug-likeness (QED) is 0.680. The highest BCUT2D eigenvalue weighted by molar-refractivity contribution is 6.43. The third-order valence-corrected chi connectivity index (χ3v) is 4.20. The topological polar surface area (TPSA) is 74.7 Å². The SMILES string of the molecule is CCC1(C(=O)O)CCCCN1C(=O)C(=O)c1ccccc1. The Bertz CT molecular complexity index is 555. The molecular weight excluding hydrogens is 270 g/mol. The molecule has 1 aliphatic heterocycles. The average molecular weight is 289 g/mol. The van der Waals surface area contributed by atoms with Crippen molar-refractivity contribution in [2.75, 3.05) is 6.54 Å². The number of nitrogens with zero attached hydrogens (tertiary/aromatic N) is 1. The Hall–Kier alpha value is -2.17. The minimum atomic E-state index is -1.25. The van der Waals surface area contributed by atoms with E-state index in [-0.39, 0.29) is 0 Å². The van der Waals surface area contributed by atoms with Crippen LogP contribution in [0, 0.1) is 0 Å². The zero-order chi connectivity index (χ0) is 15.5. The number of carbonyl (C=O) groups is 3. The van der Waals surface area contributed by atoms with Crippen molar-refractivity contribution in [1.82, 2.24) is 4.90 Å². The van der Waals surface area contributed by atoms with Gasteiger partial charge in [0.25, 0.3) is 5.91 Å². The number of amides is 1. The van der Waals surface area contributed by atoms with E-state index in [9.17, 15) is 19.5 Å². The molecule has 0 aromatic heterocycles. The van der Waals surface area contributed by atoms with Gasteiger partial charge in [-0.1, -0.05) is 37.3 Å². The number of piperidine rings is 1. The number of hydrogen-bond acceptors (Lipinski definition) is 3. The lowest BCUT2D eigenvalue weighted by molar-refractivity contribution is -0.160. The fraction of sp³-hybridized carbons (Fsp3) is 0.438. The van der Waals surface area contributed by atoms with Crippen LogP contribution in [0.4, 0.5) is 0 Å². The highest BCUT2D eigenvalue weighted by Gasteiger charge is 2.48. The Morgan fingerprint density at radius 2 is 1.86 bits per heavy atom. The summed E-state index contributed by atoms with van der Waals surface area (Å²) in [6.07, 6.45) is 2.18. The molecule has 2 rings (SSSR count). The Morgan fingerprint density at radius 1 is 1.19 bits per heavy atom. The lowest BCUT2D eigenvalue weighted by Gasteiger charge is -2.43. The number of carbonyl (C=O) groups excluding carboxylic acids is 2. The lowest BCUT2D eigenvalue weighted by atomic mass is 9.83. The fourth-order valence-corrected chi connectivity index (χ4v) is 2.91. The van der Waals surface area contributed by atoms with Gasteiger partial charge in [0.2, 0.25) is 5.78 Å². The Kier molecular flexibility index (Phi) is 4.40. The van der Waals surface area contributed by atoms with Crippen LogP contribution in [0.5, 0.6) is 0 Å². The van der Waals surface area contributed by atoms with Gasteiger partial charge in [-0.3, -0.25) is 9.59 Å². The molecule has 5 heteroatoms. The smallest absolute Gasteiger partial charge is 0.329 e. The minimum absolute atomic E-state index is 0.295. The molecule has 1 aromatic rings. The zero-order valence-corrected chi connectivity index (χ0v) is 12.0. The van der Waals surface area contributed by atoms with Gasteiger partial charge < -0.3 is 10.0 Å². The second-order valence-corrected chi connectivity index (χ2v) is 5.30. The highest BCUT2D eigenvalue weighted by Crippen LogP contribution is 2.32. The molecule has 1 heterocycles. The molecular formula is C16H19NO4. The maximum atomic E-state index is 12.5. The normalized spacial score (nSPS) is 21.9. The van der Waals surface area contributed by atoms with E-state index < -0.39 is 23.2 Å². The summed E-state index contributed by atoms with van der Waals surface area (Å²) in [7, 11) is 0. The van der Waals surface area contributed by atoms with Crippen molar-refractivity contribution in [3.63, 3.8) is 0 Å². The first-order valence-corrected chi connectivity index (χ1v) is 7.17. The molecule has 1 fully saturated rings. The van der Waals surface area contributed by atoms with Gasteiger partial charge in [0.1, 0.15) is 5.54 Å². The van der Waals surface area contributed by atoms with Crippen LogP contribution in [0.25, 0.3) is 0 Å². The fourth-order valence-electron chi connectivity index (χ4n) is 2.91. The molecule has 1 amide bonds. The van der Waals surface area contributed by atoms with Gasteiger partial charge in [-0.2, -0.15) is 0 Å². The predicted molar refractivity (Wildman–Crippen MR) is 77.0 cm³/mol. The third-order valence-electron chi connectivity index (χ3n) is 4.20.